The van der Waals surface area contributed by atoms with Gasteiger partial charge in [0, 0.05) is 37.6 Å². The Balaban J connectivity index is 1.60. The number of aliphatic hydroxyl groups is 1. The summed E-state index contributed by atoms with van der Waals surface area (Å²) in [6.07, 6.45) is 0.639. The molecular weight excluding hydrogens is 384 g/mol. The fraction of sp³-hybridized carbons (Fsp3) is 0.500. The maximum absolute atomic E-state index is 14.4. The summed E-state index contributed by atoms with van der Waals surface area (Å²) in [5.41, 5.74) is -2.24. The molecule has 2 unspecified atom stereocenters. The lowest BCUT2D eigenvalue weighted by Crippen LogP contribution is -2.67. The molecule has 0 radical (unpaired) electrons. The van der Waals surface area contributed by atoms with Gasteiger partial charge < -0.3 is 20.1 Å². The van der Waals surface area contributed by atoms with Crippen molar-refractivity contribution in [2.24, 2.45) is 0 Å². The minimum absolute atomic E-state index is 0.129. The fourth-order valence-corrected chi connectivity index (χ4v) is 3.65. The topological polar surface area (TPSA) is 92.7 Å². The van der Waals surface area contributed by atoms with Gasteiger partial charge in [-0.1, -0.05) is 0 Å². The maximum atomic E-state index is 14.4. The highest BCUT2D eigenvalue weighted by molar-refractivity contribution is 5.60. The summed E-state index contributed by atoms with van der Waals surface area (Å²) in [6.45, 7) is 3.48. The van der Waals surface area contributed by atoms with E-state index >= 15 is 0 Å². The van der Waals surface area contributed by atoms with Crippen LogP contribution in [0.4, 0.5) is 14.7 Å². The average molecular weight is 405 g/mol. The molecule has 0 amide bonds. The van der Waals surface area contributed by atoms with E-state index in [0.717, 1.165) is 33.4 Å². The second-order valence-electron chi connectivity index (χ2n) is 8.03. The van der Waals surface area contributed by atoms with Crippen LogP contribution in [-0.4, -0.2) is 66.4 Å². The highest BCUT2D eigenvalue weighted by Crippen LogP contribution is 2.35. The van der Waals surface area contributed by atoms with Crippen LogP contribution in [0.5, 0.6) is 5.75 Å². The van der Waals surface area contributed by atoms with Gasteiger partial charge in [0.15, 0.2) is 17.2 Å². The van der Waals surface area contributed by atoms with Gasteiger partial charge in [0.25, 0.3) is 0 Å². The quantitative estimate of drug-likeness (QED) is 0.659. The number of fused-ring (bicyclic) bond motifs is 3. The number of nitrogens with one attached hydrogen (secondary N) is 1. The summed E-state index contributed by atoms with van der Waals surface area (Å²) < 4.78 is 36.7. The van der Waals surface area contributed by atoms with E-state index in [0.29, 0.717) is 23.8 Å². The number of piperidine rings is 1. The molecule has 3 aliphatic rings. The molecule has 0 aliphatic carbocycles. The first kappa shape index (κ1) is 18.3. The number of ether oxygens (including phenoxy) is 1. The van der Waals surface area contributed by atoms with Crippen LogP contribution < -0.4 is 15.0 Å². The molecule has 2 N–H and O–H groups in total. The Bertz CT molecular complexity index is 1030. The van der Waals surface area contributed by atoms with Gasteiger partial charge in [-0.05, 0) is 38.5 Å². The summed E-state index contributed by atoms with van der Waals surface area (Å²) in [5, 5.41) is 22.0. The van der Waals surface area contributed by atoms with Gasteiger partial charge >= 0.3 is 6.11 Å². The summed E-state index contributed by atoms with van der Waals surface area (Å²) in [7, 11) is 0. The van der Waals surface area contributed by atoms with Crippen molar-refractivity contribution in [1.82, 2.24) is 29.7 Å². The van der Waals surface area contributed by atoms with Crippen molar-refractivity contribution < 1.29 is 18.6 Å². The lowest BCUT2D eigenvalue weighted by atomic mass is 9.92. The number of anilines is 1. The molecule has 3 fully saturated rings. The highest BCUT2D eigenvalue weighted by Gasteiger charge is 2.49. The normalized spacial score (nSPS) is 22.0. The fourth-order valence-electron chi connectivity index (χ4n) is 3.65. The van der Waals surface area contributed by atoms with Gasteiger partial charge in [-0.2, -0.15) is 23.4 Å². The van der Waals surface area contributed by atoms with E-state index in [2.05, 4.69) is 20.5 Å². The lowest BCUT2D eigenvalue weighted by Gasteiger charge is -2.47. The summed E-state index contributed by atoms with van der Waals surface area (Å²) >= 11 is 0. The third kappa shape index (κ3) is 3.01. The first-order chi connectivity index (χ1) is 13.7. The number of halogens is 2. The van der Waals surface area contributed by atoms with Crippen molar-refractivity contribution in [3.8, 4) is 11.6 Å². The monoisotopic (exact) mass is 405 g/mol. The van der Waals surface area contributed by atoms with Gasteiger partial charge in [-0.25, -0.2) is 4.68 Å². The van der Waals surface area contributed by atoms with Gasteiger partial charge in [-0.3, -0.25) is 0 Å². The summed E-state index contributed by atoms with van der Waals surface area (Å²) in [6, 6.07) is 5.49. The Labute approximate surface area is 164 Å². The molecule has 0 aromatic carbocycles. The van der Waals surface area contributed by atoms with Gasteiger partial charge in [0.1, 0.15) is 0 Å². The largest absolute Gasteiger partial charge is 0.426 e. The summed E-state index contributed by atoms with van der Waals surface area (Å²) in [5.74, 6) is 0.798. The van der Waals surface area contributed by atoms with E-state index in [-0.39, 0.29) is 11.4 Å². The zero-order chi connectivity index (χ0) is 20.4. The van der Waals surface area contributed by atoms with Crippen molar-refractivity contribution in [1.29, 1.82) is 0 Å². The first-order valence-corrected chi connectivity index (χ1v) is 9.41. The Kier molecular flexibility index (Phi) is 3.84. The minimum Gasteiger partial charge on any atom is -0.426 e. The molecule has 3 aliphatic heterocycles. The molecular formula is C18H21F2N7O2. The number of alkyl halides is 2. The van der Waals surface area contributed by atoms with Crippen LogP contribution in [0.2, 0.25) is 0 Å². The number of aromatic nitrogens is 5. The van der Waals surface area contributed by atoms with Gasteiger partial charge in [0.2, 0.25) is 11.6 Å². The molecule has 11 heteroatoms. The second kappa shape index (κ2) is 6.10. The number of pyridine rings is 1. The van der Waals surface area contributed by atoms with Crippen molar-refractivity contribution in [2.75, 3.05) is 18.0 Å². The maximum Gasteiger partial charge on any atom is 0.426 e. The minimum atomic E-state index is -3.82. The SMILES string of the molecule is CC(C)(O)C(F)(F)Oc1ccc(-n2cccn2)n2nc(N3CC4CC(C3)N4)nc12. The van der Waals surface area contributed by atoms with Crippen LogP contribution in [0.25, 0.3) is 11.5 Å². The van der Waals surface area contributed by atoms with Crippen molar-refractivity contribution in [3.63, 3.8) is 0 Å². The molecule has 29 heavy (non-hydrogen) atoms. The Morgan fingerprint density at radius 3 is 2.59 bits per heavy atom. The molecule has 2 atom stereocenters. The third-order valence-electron chi connectivity index (χ3n) is 5.31. The molecule has 0 spiro atoms. The van der Waals surface area contributed by atoms with Crippen molar-refractivity contribution >= 4 is 11.6 Å². The standard InChI is InChI=1S/C18H21F2N7O2/c1-17(2,28)18(19,20)29-13-4-5-14(26-7-3-6-21-26)27-15(13)23-16(24-27)25-9-11-8-12(10-25)22-11/h3-7,11-12,22,28H,8-10H2,1-2H3. The van der Waals surface area contributed by atoms with E-state index in [4.69, 9.17) is 4.74 Å². The van der Waals surface area contributed by atoms with Crippen LogP contribution in [-0.2, 0) is 0 Å². The lowest BCUT2D eigenvalue weighted by molar-refractivity contribution is -0.275. The van der Waals surface area contributed by atoms with Crippen LogP contribution in [0.1, 0.15) is 20.3 Å². The molecule has 6 rings (SSSR count). The molecule has 2 bridgehead atoms. The zero-order valence-electron chi connectivity index (χ0n) is 16.0. The number of piperazine rings is 1. The van der Waals surface area contributed by atoms with E-state index in [1.807, 2.05) is 4.90 Å². The van der Waals surface area contributed by atoms with Crippen LogP contribution >= 0.6 is 0 Å². The number of hydrogen-bond donors (Lipinski definition) is 2. The Hall–Kier alpha value is -2.79. The zero-order valence-corrected chi connectivity index (χ0v) is 16.0. The van der Waals surface area contributed by atoms with Gasteiger partial charge in [0.05, 0.1) is 0 Å². The molecule has 9 nitrogen and oxygen atoms in total. The molecule has 3 aromatic heterocycles. The molecule has 0 saturated carbocycles. The van der Waals surface area contributed by atoms with E-state index in [1.54, 1.807) is 29.2 Å². The van der Waals surface area contributed by atoms with E-state index in [1.165, 1.54) is 10.6 Å². The first-order valence-electron chi connectivity index (χ1n) is 9.41. The second-order valence-corrected chi connectivity index (χ2v) is 8.03. The summed E-state index contributed by atoms with van der Waals surface area (Å²) in [4.78, 5) is 6.53. The smallest absolute Gasteiger partial charge is 0.426 e. The van der Waals surface area contributed by atoms with Crippen LogP contribution in [0.15, 0.2) is 30.6 Å². The van der Waals surface area contributed by atoms with Crippen LogP contribution in [0, 0.1) is 0 Å². The van der Waals surface area contributed by atoms with E-state index in [9.17, 15) is 13.9 Å². The number of rotatable bonds is 5. The predicted molar refractivity (Wildman–Crippen MR) is 99.5 cm³/mol. The van der Waals surface area contributed by atoms with Crippen molar-refractivity contribution in [3.05, 3.63) is 30.6 Å². The van der Waals surface area contributed by atoms with Crippen molar-refractivity contribution in [2.45, 2.75) is 44.1 Å². The number of nitrogens with zero attached hydrogens (tertiary/aromatic N) is 6. The third-order valence-corrected chi connectivity index (χ3v) is 5.31. The van der Waals surface area contributed by atoms with Gasteiger partial charge in [-0.15, -0.1) is 5.10 Å². The molecule has 6 heterocycles. The molecule has 3 saturated heterocycles. The van der Waals surface area contributed by atoms with Crippen LogP contribution in [0.3, 0.4) is 0 Å². The highest BCUT2D eigenvalue weighted by atomic mass is 19.3. The molecule has 3 aromatic rings. The predicted octanol–water partition coefficient (Wildman–Crippen LogP) is 1.21. The Morgan fingerprint density at radius 2 is 1.97 bits per heavy atom. The molecule has 154 valence electrons. The average Bonchev–Trinajstić information content (AvgIpc) is 3.30. The number of hydrogen-bond acceptors (Lipinski definition) is 7. The van der Waals surface area contributed by atoms with E-state index < -0.39 is 11.7 Å². The Morgan fingerprint density at radius 1 is 1.24 bits per heavy atom.